The van der Waals surface area contributed by atoms with E-state index in [4.69, 9.17) is 0 Å². The zero-order valence-corrected chi connectivity index (χ0v) is 13.5. The lowest BCUT2D eigenvalue weighted by atomic mass is 10.1. The molecule has 2 heterocycles. The van der Waals surface area contributed by atoms with E-state index in [1.807, 2.05) is 30.3 Å². The summed E-state index contributed by atoms with van der Waals surface area (Å²) in [6, 6.07) is 15.2. The van der Waals surface area contributed by atoms with E-state index in [-0.39, 0.29) is 11.7 Å². The summed E-state index contributed by atoms with van der Waals surface area (Å²) in [7, 11) is 0. The van der Waals surface area contributed by atoms with Gasteiger partial charge in [0.2, 0.25) is 0 Å². The predicted molar refractivity (Wildman–Crippen MR) is 92.7 cm³/mol. The number of aromatic nitrogens is 5. The molecule has 4 aromatic rings. The van der Waals surface area contributed by atoms with E-state index in [1.165, 1.54) is 29.5 Å². The Labute approximate surface area is 147 Å². The molecular weight excluding hydrogens is 335 g/mol. The van der Waals surface area contributed by atoms with Crippen LogP contribution in [0.1, 0.15) is 10.4 Å². The van der Waals surface area contributed by atoms with Crippen molar-refractivity contribution in [1.29, 1.82) is 0 Å². The third kappa shape index (κ3) is 3.07. The van der Waals surface area contributed by atoms with Crippen LogP contribution in [-0.2, 0) is 0 Å². The number of halogens is 1. The summed E-state index contributed by atoms with van der Waals surface area (Å²) in [5, 5.41) is 11.8. The number of nitrogens with one attached hydrogen (secondary N) is 1. The highest BCUT2D eigenvalue weighted by Crippen LogP contribution is 2.24. The monoisotopic (exact) mass is 348 g/mol. The summed E-state index contributed by atoms with van der Waals surface area (Å²) in [6.07, 6.45) is 4.38. The molecule has 0 fully saturated rings. The molecule has 0 spiro atoms. The van der Waals surface area contributed by atoms with Gasteiger partial charge in [0.25, 0.3) is 5.91 Å². The molecule has 0 aliphatic carbocycles. The maximum absolute atomic E-state index is 13.3. The smallest absolute Gasteiger partial charge is 0.267 e. The van der Waals surface area contributed by atoms with E-state index in [0.29, 0.717) is 16.8 Å². The third-order valence-corrected chi connectivity index (χ3v) is 3.75. The van der Waals surface area contributed by atoms with Crippen molar-refractivity contribution in [1.82, 2.24) is 24.7 Å². The summed E-state index contributed by atoms with van der Waals surface area (Å²) in [6.45, 7) is 0. The molecule has 128 valence electrons. The highest BCUT2D eigenvalue weighted by atomic mass is 19.1. The number of benzene rings is 2. The molecular formula is C18H13FN6O. The first-order valence-electron chi connectivity index (χ1n) is 7.78. The van der Waals surface area contributed by atoms with Crippen molar-refractivity contribution < 1.29 is 9.18 Å². The van der Waals surface area contributed by atoms with E-state index >= 15 is 0 Å². The Kier molecular flexibility index (Phi) is 3.98. The predicted octanol–water partition coefficient (Wildman–Crippen LogP) is 2.65. The molecule has 2 aromatic carbocycles. The van der Waals surface area contributed by atoms with Crippen molar-refractivity contribution in [3.63, 3.8) is 0 Å². The molecule has 8 heteroatoms. The summed E-state index contributed by atoms with van der Waals surface area (Å²) < 4.78 is 16.2. The molecule has 4 rings (SSSR count). The van der Waals surface area contributed by atoms with Gasteiger partial charge in [-0.3, -0.25) is 10.2 Å². The molecule has 0 aliphatic heterocycles. The van der Waals surface area contributed by atoms with Gasteiger partial charge < -0.3 is 0 Å². The number of carbonyl (C=O) groups excluding carboxylic acids is 1. The second-order valence-electron chi connectivity index (χ2n) is 5.49. The number of hydrogen-bond acceptors (Lipinski definition) is 4. The molecule has 1 amide bonds. The highest BCUT2D eigenvalue weighted by Gasteiger charge is 2.19. The molecule has 2 aromatic heterocycles. The largest absolute Gasteiger partial charge is 0.274 e. The van der Waals surface area contributed by atoms with Crippen molar-refractivity contribution in [3.8, 4) is 16.9 Å². The van der Waals surface area contributed by atoms with Crippen LogP contribution in [0.5, 0.6) is 0 Å². The summed E-state index contributed by atoms with van der Waals surface area (Å²) in [5.74, 6) is -0.738. The molecule has 7 nitrogen and oxygen atoms in total. The average molecular weight is 348 g/mol. The highest BCUT2D eigenvalue weighted by molar-refractivity contribution is 6.04. The van der Waals surface area contributed by atoms with E-state index in [2.05, 4.69) is 20.7 Å². The molecule has 26 heavy (non-hydrogen) atoms. The van der Waals surface area contributed by atoms with Crippen molar-refractivity contribution in [3.05, 3.63) is 84.8 Å². The quantitative estimate of drug-likeness (QED) is 0.615. The topological polar surface area (TPSA) is 77.6 Å². The number of hydrogen-bond donors (Lipinski definition) is 1. The van der Waals surface area contributed by atoms with Gasteiger partial charge in [0.05, 0.1) is 11.3 Å². The number of amides is 1. The number of para-hydroxylation sites is 1. The van der Waals surface area contributed by atoms with Crippen LogP contribution in [0.15, 0.2) is 73.4 Å². The Morgan fingerprint density at radius 1 is 0.962 bits per heavy atom. The zero-order valence-electron chi connectivity index (χ0n) is 13.5. The first-order valence-corrected chi connectivity index (χ1v) is 7.78. The maximum atomic E-state index is 13.3. The SMILES string of the molecule is O=C(Nn1cnnc1)c1cn(-c2ccccc2)nc1-c1ccc(F)cc1. The first-order chi connectivity index (χ1) is 12.7. The van der Waals surface area contributed by atoms with Crippen LogP contribution in [-0.4, -0.2) is 30.6 Å². The minimum absolute atomic E-state index is 0.342. The van der Waals surface area contributed by atoms with E-state index < -0.39 is 0 Å². The summed E-state index contributed by atoms with van der Waals surface area (Å²) in [5.41, 5.74) is 4.87. The van der Waals surface area contributed by atoms with Gasteiger partial charge in [0, 0.05) is 11.8 Å². The lowest BCUT2D eigenvalue weighted by Gasteiger charge is -2.04. The number of rotatable bonds is 4. The number of nitrogens with zero attached hydrogens (tertiary/aromatic N) is 5. The molecule has 0 saturated heterocycles. The molecule has 0 radical (unpaired) electrons. The molecule has 1 N–H and O–H groups in total. The second kappa shape index (κ2) is 6.60. The van der Waals surface area contributed by atoms with Gasteiger partial charge in [-0.2, -0.15) is 5.10 Å². The molecule has 0 bridgehead atoms. The molecule has 0 saturated carbocycles. The van der Waals surface area contributed by atoms with Crippen LogP contribution in [0.4, 0.5) is 4.39 Å². The fourth-order valence-corrected chi connectivity index (χ4v) is 2.51. The minimum atomic E-state index is -0.383. The Morgan fingerprint density at radius 2 is 1.65 bits per heavy atom. The lowest BCUT2D eigenvalue weighted by Crippen LogP contribution is -2.21. The lowest BCUT2D eigenvalue weighted by molar-refractivity contribution is 0.101. The first kappa shape index (κ1) is 15.7. The van der Waals surface area contributed by atoms with Crippen LogP contribution >= 0.6 is 0 Å². The van der Waals surface area contributed by atoms with Gasteiger partial charge >= 0.3 is 0 Å². The Hall–Kier alpha value is -3.81. The van der Waals surface area contributed by atoms with Gasteiger partial charge in [-0.25, -0.2) is 13.7 Å². The van der Waals surface area contributed by atoms with Crippen molar-refractivity contribution in [2.24, 2.45) is 0 Å². The van der Waals surface area contributed by atoms with Gasteiger partial charge in [-0.15, -0.1) is 10.2 Å². The van der Waals surface area contributed by atoms with Gasteiger partial charge in [0.1, 0.15) is 24.2 Å². The molecule has 0 atom stereocenters. The molecule has 0 aliphatic rings. The Bertz CT molecular complexity index is 1030. The zero-order chi connectivity index (χ0) is 17.9. The van der Waals surface area contributed by atoms with E-state index in [9.17, 15) is 9.18 Å². The van der Waals surface area contributed by atoms with Crippen LogP contribution in [0.3, 0.4) is 0 Å². The normalized spacial score (nSPS) is 10.7. The van der Waals surface area contributed by atoms with Gasteiger partial charge in [-0.05, 0) is 36.4 Å². The summed E-state index contributed by atoms with van der Waals surface area (Å²) >= 11 is 0. The standard InChI is InChI=1S/C18H13FN6O/c19-14-8-6-13(7-9-14)17-16(18(26)23-24-11-20-21-12-24)10-25(22-17)15-4-2-1-3-5-15/h1-12H,(H,23,26). The van der Waals surface area contributed by atoms with Crippen molar-refractivity contribution in [2.75, 3.05) is 5.43 Å². The maximum Gasteiger partial charge on any atom is 0.274 e. The Morgan fingerprint density at radius 3 is 2.35 bits per heavy atom. The fourth-order valence-electron chi connectivity index (χ4n) is 2.51. The van der Waals surface area contributed by atoms with Gasteiger partial charge in [-0.1, -0.05) is 18.2 Å². The minimum Gasteiger partial charge on any atom is -0.267 e. The average Bonchev–Trinajstić information content (AvgIpc) is 3.33. The Balaban J connectivity index is 1.78. The van der Waals surface area contributed by atoms with Crippen LogP contribution in [0, 0.1) is 5.82 Å². The van der Waals surface area contributed by atoms with Gasteiger partial charge in [0.15, 0.2) is 0 Å². The summed E-state index contributed by atoms with van der Waals surface area (Å²) in [4.78, 5) is 12.7. The van der Waals surface area contributed by atoms with Crippen molar-refractivity contribution >= 4 is 5.91 Å². The van der Waals surface area contributed by atoms with Crippen LogP contribution < -0.4 is 5.43 Å². The van der Waals surface area contributed by atoms with Crippen LogP contribution in [0.2, 0.25) is 0 Å². The second-order valence-corrected chi connectivity index (χ2v) is 5.49. The fraction of sp³-hybridized carbons (Fsp3) is 0. The molecule has 0 unspecified atom stereocenters. The third-order valence-electron chi connectivity index (χ3n) is 3.75. The van der Waals surface area contributed by atoms with E-state index in [1.54, 1.807) is 23.0 Å². The van der Waals surface area contributed by atoms with Crippen molar-refractivity contribution in [2.45, 2.75) is 0 Å². The van der Waals surface area contributed by atoms with E-state index in [0.717, 1.165) is 5.69 Å². The van der Waals surface area contributed by atoms with Crippen LogP contribution in [0.25, 0.3) is 16.9 Å². The number of carbonyl (C=O) groups is 1.